The van der Waals surface area contributed by atoms with Crippen molar-refractivity contribution in [3.8, 4) is 0 Å². The quantitative estimate of drug-likeness (QED) is 0.930. The molecule has 0 spiro atoms. The van der Waals surface area contributed by atoms with Crippen molar-refractivity contribution in [1.82, 2.24) is 9.97 Å². The van der Waals surface area contributed by atoms with E-state index in [-0.39, 0.29) is 12.4 Å². The van der Waals surface area contributed by atoms with E-state index in [1.54, 1.807) is 5.38 Å². The van der Waals surface area contributed by atoms with Gasteiger partial charge >= 0.3 is 6.18 Å². The number of halogens is 3. The molecule has 2 rings (SSSR count). The number of hydrogen-bond acceptors (Lipinski definition) is 4. The van der Waals surface area contributed by atoms with Crippen LogP contribution in [0.1, 0.15) is 16.3 Å². The minimum absolute atomic E-state index is 0.171. The monoisotopic (exact) mass is 273 g/mol. The SMILES string of the molecule is Cc1nc(CNc2ncccc2C(F)(F)F)cs1. The van der Waals surface area contributed by atoms with Crippen LogP contribution in [-0.4, -0.2) is 9.97 Å². The smallest absolute Gasteiger partial charge is 0.364 e. The van der Waals surface area contributed by atoms with Crippen molar-refractivity contribution < 1.29 is 13.2 Å². The van der Waals surface area contributed by atoms with E-state index in [1.807, 2.05) is 6.92 Å². The van der Waals surface area contributed by atoms with Gasteiger partial charge in [0, 0.05) is 11.6 Å². The van der Waals surface area contributed by atoms with Crippen LogP contribution >= 0.6 is 11.3 Å². The minimum atomic E-state index is -4.41. The second-order valence-corrected chi connectivity index (χ2v) is 4.67. The molecule has 0 aliphatic rings. The lowest BCUT2D eigenvalue weighted by molar-refractivity contribution is -0.137. The van der Waals surface area contributed by atoms with Crippen LogP contribution in [0.15, 0.2) is 23.7 Å². The average molecular weight is 273 g/mol. The highest BCUT2D eigenvalue weighted by atomic mass is 32.1. The maximum Gasteiger partial charge on any atom is 0.419 e. The first kappa shape index (κ1) is 12.8. The van der Waals surface area contributed by atoms with Gasteiger partial charge in [0.25, 0.3) is 0 Å². The molecule has 0 aliphatic carbocycles. The highest BCUT2D eigenvalue weighted by Crippen LogP contribution is 2.33. The van der Waals surface area contributed by atoms with Gasteiger partial charge < -0.3 is 5.32 Å². The van der Waals surface area contributed by atoms with Gasteiger partial charge in [-0.3, -0.25) is 0 Å². The first-order valence-corrected chi connectivity index (χ1v) is 6.02. The van der Waals surface area contributed by atoms with Crippen molar-refractivity contribution in [2.24, 2.45) is 0 Å². The lowest BCUT2D eigenvalue weighted by Gasteiger charge is -2.12. The van der Waals surface area contributed by atoms with Crippen molar-refractivity contribution in [2.75, 3.05) is 5.32 Å². The molecule has 0 saturated heterocycles. The molecular weight excluding hydrogens is 263 g/mol. The van der Waals surface area contributed by atoms with Crippen LogP contribution < -0.4 is 5.32 Å². The Balaban J connectivity index is 2.14. The molecule has 0 fully saturated rings. The van der Waals surface area contributed by atoms with Gasteiger partial charge in [0.2, 0.25) is 0 Å². The summed E-state index contributed by atoms with van der Waals surface area (Å²) in [5.74, 6) is -0.171. The van der Waals surface area contributed by atoms with E-state index in [1.165, 1.54) is 23.6 Å². The first-order valence-electron chi connectivity index (χ1n) is 5.14. The first-order chi connectivity index (χ1) is 8.47. The molecule has 2 aromatic rings. The Kier molecular flexibility index (Phi) is 3.51. The fourth-order valence-electron chi connectivity index (χ4n) is 1.44. The predicted octanol–water partition coefficient (Wildman–Crippen LogP) is 3.48. The number of nitrogens with one attached hydrogen (secondary N) is 1. The number of rotatable bonds is 3. The van der Waals surface area contributed by atoms with Gasteiger partial charge in [-0.25, -0.2) is 9.97 Å². The highest BCUT2D eigenvalue weighted by Gasteiger charge is 2.33. The molecule has 2 aromatic heterocycles. The zero-order chi connectivity index (χ0) is 13.2. The molecular formula is C11H10F3N3S. The van der Waals surface area contributed by atoms with Crippen LogP contribution in [-0.2, 0) is 12.7 Å². The summed E-state index contributed by atoms with van der Waals surface area (Å²) in [5, 5.41) is 5.35. The summed E-state index contributed by atoms with van der Waals surface area (Å²) in [6.07, 6.45) is -3.08. The van der Waals surface area contributed by atoms with Gasteiger partial charge in [0.15, 0.2) is 0 Å². The van der Waals surface area contributed by atoms with Gasteiger partial charge in [-0.05, 0) is 19.1 Å². The molecule has 3 nitrogen and oxygen atoms in total. The maximum atomic E-state index is 12.7. The van der Waals surface area contributed by atoms with E-state index < -0.39 is 11.7 Å². The molecule has 0 saturated carbocycles. The van der Waals surface area contributed by atoms with E-state index in [2.05, 4.69) is 15.3 Å². The van der Waals surface area contributed by atoms with Crippen LogP contribution in [0.5, 0.6) is 0 Å². The normalized spacial score (nSPS) is 11.6. The number of nitrogens with zero attached hydrogens (tertiary/aromatic N) is 2. The number of hydrogen-bond donors (Lipinski definition) is 1. The van der Waals surface area contributed by atoms with E-state index in [9.17, 15) is 13.2 Å². The Morgan fingerprint density at radius 2 is 2.17 bits per heavy atom. The molecule has 2 heterocycles. The Bertz CT molecular complexity index is 536. The number of aromatic nitrogens is 2. The largest absolute Gasteiger partial charge is 0.419 e. The molecule has 0 bridgehead atoms. The third-order valence-corrected chi connectivity index (χ3v) is 3.04. The van der Waals surface area contributed by atoms with Crippen LogP contribution in [0.25, 0.3) is 0 Å². The molecule has 0 amide bonds. The second-order valence-electron chi connectivity index (χ2n) is 3.61. The van der Waals surface area contributed by atoms with E-state index in [0.717, 1.165) is 11.1 Å². The number of thiazole rings is 1. The number of anilines is 1. The van der Waals surface area contributed by atoms with Gasteiger partial charge in [-0.2, -0.15) is 13.2 Å². The lowest BCUT2D eigenvalue weighted by atomic mass is 10.2. The maximum absolute atomic E-state index is 12.7. The molecule has 1 N–H and O–H groups in total. The summed E-state index contributed by atoms with van der Waals surface area (Å²) < 4.78 is 38.1. The third kappa shape index (κ3) is 2.98. The van der Waals surface area contributed by atoms with E-state index >= 15 is 0 Å². The molecule has 0 radical (unpaired) electrons. The Hall–Kier alpha value is -1.63. The molecule has 0 unspecified atom stereocenters. The summed E-state index contributed by atoms with van der Waals surface area (Å²) in [6, 6.07) is 2.27. The fraction of sp³-hybridized carbons (Fsp3) is 0.273. The molecule has 0 atom stereocenters. The fourth-order valence-corrected chi connectivity index (χ4v) is 2.05. The summed E-state index contributed by atoms with van der Waals surface area (Å²) in [7, 11) is 0. The second kappa shape index (κ2) is 4.93. The van der Waals surface area contributed by atoms with Crippen molar-refractivity contribution >= 4 is 17.2 Å². The average Bonchev–Trinajstić information content (AvgIpc) is 2.72. The Morgan fingerprint density at radius 1 is 1.39 bits per heavy atom. The van der Waals surface area contributed by atoms with Gasteiger partial charge in [-0.15, -0.1) is 11.3 Å². The number of aryl methyl sites for hydroxylation is 1. The summed E-state index contributed by atoms with van der Waals surface area (Å²) in [5.41, 5.74) is -0.0618. The Morgan fingerprint density at radius 3 is 2.78 bits per heavy atom. The van der Waals surface area contributed by atoms with Crippen molar-refractivity contribution in [2.45, 2.75) is 19.6 Å². The molecule has 7 heteroatoms. The zero-order valence-corrected chi connectivity index (χ0v) is 10.3. The summed E-state index contributed by atoms with van der Waals surface area (Å²) in [4.78, 5) is 7.88. The van der Waals surface area contributed by atoms with Crippen molar-refractivity contribution in [3.05, 3.63) is 40.0 Å². The summed E-state index contributed by atoms with van der Waals surface area (Å²) >= 11 is 1.46. The van der Waals surface area contributed by atoms with Crippen LogP contribution in [0.4, 0.5) is 19.0 Å². The summed E-state index contributed by atoms with van der Waals surface area (Å²) in [6.45, 7) is 2.07. The molecule has 18 heavy (non-hydrogen) atoms. The topological polar surface area (TPSA) is 37.8 Å². The van der Waals surface area contributed by atoms with E-state index in [4.69, 9.17) is 0 Å². The number of pyridine rings is 1. The van der Waals surface area contributed by atoms with Crippen molar-refractivity contribution in [1.29, 1.82) is 0 Å². The zero-order valence-electron chi connectivity index (χ0n) is 9.45. The van der Waals surface area contributed by atoms with Crippen molar-refractivity contribution in [3.63, 3.8) is 0 Å². The van der Waals surface area contributed by atoms with E-state index in [0.29, 0.717) is 5.69 Å². The molecule has 0 aromatic carbocycles. The van der Waals surface area contributed by atoms with Gasteiger partial charge in [0.1, 0.15) is 5.82 Å². The predicted molar refractivity (Wildman–Crippen MR) is 63.4 cm³/mol. The molecule has 96 valence electrons. The van der Waals surface area contributed by atoms with Crippen LogP contribution in [0, 0.1) is 6.92 Å². The minimum Gasteiger partial charge on any atom is -0.364 e. The third-order valence-electron chi connectivity index (χ3n) is 2.22. The molecule has 0 aliphatic heterocycles. The van der Waals surface area contributed by atoms with Crippen LogP contribution in [0.3, 0.4) is 0 Å². The van der Waals surface area contributed by atoms with Gasteiger partial charge in [-0.1, -0.05) is 0 Å². The standard InChI is InChI=1S/C11H10F3N3S/c1-7-17-8(6-18-7)5-16-10-9(11(12,13)14)3-2-4-15-10/h2-4,6H,5H2,1H3,(H,15,16). The highest BCUT2D eigenvalue weighted by molar-refractivity contribution is 7.09. The number of alkyl halides is 3. The van der Waals surface area contributed by atoms with Gasteiger partial charge in [0.05, 0.1) is 22.8 Å². The Labute approximate surface area is 106 Å². The van der Waals surface area contributed by atoms with Crippen LogP contribution in [0.2, 0.25) is 0 Å². The lowest BCUT2D eigenvalue weighted by Crippen LogP contribution is -2.12.